The number of rotatable bonds is 8. The molecule has 0 spiro atoms. The number of hydrogen-bond acceptors (Lipinski definition) is 14. The Hall–Kier alpha value is -3.47. The molecule has 3 aromatic rings. The van der Waals surface area contributed by atoms with E-state index < -0.39 is 66.7 Å². The Balaban J connectivity index is 1.38. The van der Waals surface area contributed by atoms with E-state index in [0.29, 0.717) is 5.56 Å². The molecule has 2 aromatic carbocycles. The number of ether oxygens (including phenoxy) is 5. The highest BCUT2D eigenvalue weighted by Crippen LogP contribution is 2.37. The molecule has 240 valence electrons. The zero-order valence-electron chi connectivity index (χ0n) is 24.1. The fraction of sp³-hybridized carbons (Fsp3) is 0.500. The average molecular weight is 621 g/mol. The topological polar surface area (TPSA) is 218 Å². The van der Waals surface area contributed by atoms with E-state index in [2.05, 4.69) is 0 Å². The van der Waals surface area contributed by atoms with E-state index in [1.54, 1.807) is 13.0 Å². The predicted molar refractivity (Wildman–Crippen MR) is 152 cm³/mol. The van der Waals surface area contributed by atoms with Gasteiger partial charge >= 0.3 is 0 Å². The van der Waals surface area contributed by atoms with E-state index in [1.165, 1.54) is 44.6 Å². The van der Waals surface area contributed by atoms with Crippen LogP contribution in [0.3, 0.4) is 0 Å². The van der Waals surface area contributed by atoms with Crippen LogP contribution in [0.25, 0.3) is 22.3 Å². The highest BCUT2D eigenvalue weighted by molar-refractivity contribution is 5.86. The van der Waals surface area contributed by atoms with Gasteiger partial charge in [0, 0.05) is 23.8 Å². The number of phenols is 1. The normalized spacial score (nSPS) is 32.4. The summed E-state index contributed by atoms with van der Waals surface area (Å²) in [6, 6.07) is 8.54. The molecular weight excluding hydrogens is 584 g/mol. The second-order valence-corrected chi connectivity index (χ2v) is 10.9. The maximum atomic E-state index is 12.8. The first kappa shape index (κ1) is 31.9. The molecule has 14 heteroatoms. The van der Waals surface area contributed by atoms with Crippen LogP contribution >= 0.6 is 0 Å². The average Bonchev–Trinajstić information content (AvgIpc) is 3.01. The van der Waals surface area contributed by atoms with Crippen LogP contribution < -0.4 is 19.6 Å². The van der Waals surface area contributed by atoms with Crippen LogP contribution in [0.2, 0.25) is 0 Å². The van der Waals surface area contributed by atoms with E-state index in [0.717, 1.165) is 0 Å². The molecule has 0 aliphatic carbocycles. The lowest BCUT2D eigenvalue weighted by Crippen LogP contribution is -2.60. The van der Waals surface area contributed by atoms with Crippen molar-refractivity contribution in [3.8, 4) is 34.3 Å². The Bertz CT molecular complexity index is 1520. The van der Waals surface area contributed by atoms with Gasteiger partial charge in [0.15, 0.2) is 16.9 Å². The Morgan fingerprint density at radius 2 is 1.41 bits per heavy atom. The number of fused-ring (bicyclic) bond motifs is 1. The summed E-state index contributed by atoms with van der Waals surface area (Å²) in [6.07, 6.45) is -13.1. The smallest absolute Gasteiger partial charge is 0.229 e. The predicted octanol–water partition coefficient (Wildman–Crippen LogP) is 0.0194. The molecule has 0 radical (unpaired) electrons. The van der Waals surface area contributed by atoms with Gasteiger partial charge in [-0.15, -0.1) is 0 Å². The Morgan fingerprint density at radius 3 is 2.07 bits per heavy atom. The van der Waals surface area contributed by atoms with Crippen molar-refractivity contribution in [3.05, 3.63) is 46.6 Å². The number of aliphatic hydroxyl groups is 6. The monoisotopic (exact) mass is 620 g/mol. The van der Waals surface area contributed by atoms with Crippen LogP contribution in [0.1, 0.15) is 19.8 Å². The van der Waals surface area contributed by atoms with Crippen LogP contribution in [0.15, 0.2) is 45.6 Å². The van der Waals surface area contributed by atoms with Gasteiger partial charge in [-0.2, -0.15) is 0 Å². The van der Waals surface area contributed by atoms with Crippen molar-refractivity contribution in [1.29, 1.82) is 0 Å². The van der Waals surface area contributed by atoms with Crippen LogP contribution in [0.5, 0.6) is 23.0 Å². The van der Waals surface area contributed by atoms with Gasteiger partial charge in [0.25, 0.3) is 0 Å². The van der Waals surface area contributed by atoms with Crippen LogP contribution in [-0.4, -0.2) is 111 Å². The Labute approximate surface area is 251 Å². The minimum absolute atomic E-state index is 0.0249. The molecule has 44 heavy (non-hydrogen) atoms. The van der Waals surface area contributed by atoms with Gasteiger partial charge in [-0.05, 0) is 38.0 Å². The van der Waals surface area contributed by atoms with Crippen LogP contribution in [0, 0.1) is 0 Å². The van der Waals surface area contributed by atoms with Crippen LogP contribution in [0.4, 0.5) is 0 Å². The maximum Gasteiger partial charge on any atom is 0.229 e. The van der Waals surface area contributed by atoms with Crippen molar-refractivity contribution in [1.82, 2.24) is 0 Å². The molecular formula is C30H36O14. The molecule has 10 atom stereocenters. The lowest BCUT2D eigenvalue weighted by Gasteiger charge is -2.42. The third kappa shape index (κ3) is 6.07. The number of phenolic OH excluding ortho intramolecular Hbond substituents is 1. The number of hydrogen-bond donors (Lipinski definition) is 7. The first-order valence-electron chi connectivity index (χ1n) is 14.0. The van der Waals surface area contributed by atoms with Gasteiger partial charge in [-0.3, -0.25) is 4.79 Å². The molecule has 1 aromatic heterocycles. The molecule has 7 N–H and O–H groups in total. The standard InChI is InChI=1S/C30H36O14/c1-12-24(33)27(36)25(34)18(41-12)6-7-19-26(35)28(37)29(38)30(43-19)44-21-8-13(4-5-17(21)40-3)20-11-16(32)23-15(31)9-14(39-2)10-22(23)42-20/h4-5,8-12,18-19,24-31,33-38H,6-7H2,1-3H3. The molecule has 0 amide bonds. The number of aliphatic hydroxyl groups excluding tert-OH is 6. The minimum Gasteiger partial charge on any atom is -0.507 e. The zero-order valence-corrected chi connectivity index (χ0v) is 24.1. The lowest BCUT2D eigenvalue weighted by molar-refractivity contribution is -0.276. The third-order valence-corrected chi connectivity index (χ3v) is 8.07. The molecule has 14 nitrogen and oxygen atoms in total. The molecule has 2 aliphatic rings. The molecule has 2 fully saturated rings. The van der Waals surface area contributed by atoms with Gasteiger partial charge in [0.2, 0.25) is 6.29 Å². The second kappa shape index (κ2) is 12.9. The van der Waals surface area contributed by atoms with Crippen molar-refractivity contribution in [2.24, 2.45) is 0 Å². The SMILES string of the molecule is COc1cc(O)c2c(=O)cc(-c3ccc(OC)c(OC4OC(CCC5OC(C)C(O)C(O)C5O)C(O)C(O)C4O)c3)oc2c1. The van der Waals surface area contributed by atoms with E-state index in [-0.39, 0.29) is 52.6 Å². The summed E-state index contributed by atoms with van der Waals surface area (Å²) in [4.78, 5) is 12.8. The maximum absolute atomic E-state index is 12.8. The lowest BCUT2D eigenvalue weighted by atomic mass is 9.90. The summed E-state index contributed by atoms with van der Waals surface area (Å²) < 4.78 is 33.8. The van der Waals surface area contributed by atoms with Gasteiger partial charge in [-0.1, -0.05) is 0 Å². The fourth-order valence-corrected chi connectivity index (χ4v) is 5.51. The highest BCUT2D eigenvalue weighted by atomic mass is 16.7. The zero-order chi connectivity index (χ0) is 31.9. The number of benzene rings is 2. The third-order valence-electron chi connectivity index (χ3n) is 8.07. The van der Waals surface area contributed by atoms with E-state index in [9.17, 15) is 40.5 Å². The van der Waals surface area contributed by atoms with E-state index in [4.69, 9.17) is 28.1 Å². The van der Waals surface area contributed by atoms with E-state index in [1.807, 2.05) is 0 Å². The summed E-state index contributed by atoms with van der Waals surface area (Å²) in [7, 11) is 2.79. The fourth-order valence-electron chi connectivity index (χ4n) is 5.51. The molecule has 10 unspecified atom stereocenters. The summed E-state index contributed by atoms with van der Waals surface area (Å²) >= 11 is 0. The van der Waals surface area contributed by atoms with Crippen molar-refractivity contribution < 1.29 is 63.8 Å². The van der Waals surface area contributed by atoms with Gasteiger partial charge in [0.05, 0.1) is 32.5 Å². The molecule has 2 aliphatic heterocycles. The minimum atomic E-state index is -1.68. The first-order valence-corrected chi connectivity index (χ1v) is 14.0. The van der Waals surface area contributed by atoms with Crippen molar-refractivity contribution in [2.75, 3.05) is 14.2 Å². The quantitative estimate of drug-likeness (QED) is 0.177. The molecule has 3 heterocycles. The molecule has 2 saturated heterocycles. The number of methoxy groups -OCH3 is 2. The largest absolute Gasteiger partial charge is 0.507 e. The Morgan fingerprint density at radius 1 is 0.750 bits per heavy atom. The van der Waals surface area contributed by atoms with E-state index >= 15 is 0 Å². The molecule has 5 rings (SSSR count). The molecule has 0 saturated carbocycles. The summed E-state index contributed by atoms with van der Waals surface area (Å²) in [5.41, 5.74) is -0.0610. The Kier molecular flexibility index (Phi) is 9.34. The van der Waals surface area contributed by atoms with Crippen molar-refractivity contribution >= 4 is 11.0 Å². The van der Waals surface area contributed by atoms with Crippen LogP contribution in [-0.2, 0) is 9.47 Å². The van der Waals surface area contributed by atoms with Gasteiger partial charge in [0.1, 0.15) is 64.9 Å². The summed E-state index contributed by atoms with van der Waals surface area (Å²) in [6.45, 7) is 1.55. The van der Waals surface area contributed by atoms with Crippen molar-refractivity contribution in [2.45, 2.75) is 81.0 Å². The second-order valence-electron chi connectivity index (χ2n) is 10.9. The molecule has 0 bridgehead atoms. The number of aromatic hydroxyl groups is 1. The van der Waals surface area contributed by atoms with Gasteiger partial charge in [-0.25, -0.2) is 0 Å². The summed E-state index contributed by atoms with van der Waals surface area (Å²) in [5.74, 6) is 0.355. The van der Waals surface area contributed by atoms with Gasteiger partial charge < -0.3 is 63.8 Å². The summed E-state index contributed by atoms with van der Waals surface area (Å²) in [5, 5.41) is 72.6. The van der Waals surface area contributed by atoms with Crippen molar-refractivity contribution in [3.63, 3.8) is 0 Å². The first-order chi connectivity index (χ1) is 20.9. The highest BCUT2D eigenvalue weighted by Gasteiger charge is 2.47.